The van der Waals surface area contributed by atoms with E-state index in [2.05, 4.69) is 27.7 Å². The molecule has 146 valence electrons. The van der Waals surface area contributed by atoms with Crippen molar-refractivity contribution in [3.8, 4) is 0 Å². The van der Waals surface area contributed by atoms with Crippen molar-refractivity contribution < 1.29 is 9.90 Å². The SMILES string of the molecule is CCC(C)N1C(=O)/C(=C2\c3ccccc3N(C(C)CC)C2O)c2ccccc21. The quantitative estimate of drug-likeness (QED) is 0.788. The summed E-state index contributed by atoms with van der Waals surface area (Å²) in [6, 6.07) is 16.2. The van der Waals surface area contributed by atoms with Crippen LogP contribution in [0.25, 0.3) is 11.1 Å². The van der Waals surface area contributed by atoms with E-state index in [4.69, 9.17) is 0 Å². The topological polar surface area (TPSA) is 43.8 Å². The second-order valence-electron chi connectivity index (χ2n) is 7.79. The van der Waals surface area contributed by atoms with Crippen molar-refractivity contribution in [1.82, 2.24) is 0 Å². The molecule has 0 radical (unpaired) electrons. The maximum Gasteiger partial charge on any atom is 0.259 e. The summed E-state index contributed by atoms with van der Waals surface area (Å²) in [7, 11) is 0. The zero-order chi connectivity index (χ0) is 20.0. The minimum Gasteiger partial charge on any atom is -0.369 e. The molecule has 2 heterocycles. The first kappa shape index (κ1) is 18.8. The summed E-state index contributed by atoms with van der Waals surface area (Å²) in [4.78, 5) is 17.5. The maximum atomic E-state index is 13.6. The summed E-state index contributed by atoms with van der Waals surface area (Å²) in [5.74, 6) is -0.00888. The molecule has 0 spiro atoms. The second kappa shape index (κ2) is 7.10. The van der Waals surface area contributed by atoms with Crippen LogP contribution < -0.4 is 9.80 Å². The summed E-state index contributed by atoms with van der Waals surface area (Å²) in [6.45, 7) is 8.40. The molecule has 0 aliphatic carbocycles. The number of nitrogens with zero attached hydrogens (tertiary/aromatic N) is 2. The Kier molecular flexibility index (Phi) is 4.76. The molecule has 2 aromatic rings. The maximum absolute atomic E-state index is 13.6. The Bertz CT molecular complexity index is 949. The second-order valence-corrected chi connectivity index (χ2v) is 7.79. The van der Waals surface area contributed by atoms with Crippen molar-refractivity contribution in [2.45, 2.75) is 58.8 Å². The Morgan fingerprint density at radius 1 is 0.893 bits per heavy atom. The predicted octanol–water partition coefficient (Wildman–Crippen LogP) is 4.68. The molecule has 3 unspecified atom stereocenters. The molecule has 2 aliphatic heterocycles. The average Bonchev–Trinajstić information content (AvgIpc) is 3.16. The number of hydrogen-bond donors (Lipinski definition) is 1. The van der Waals surface area contributed by atoms with Gasteiger partial charge < -0.3 is 14.9 Å². The summed E-state index contributed by atoms with van der Waals surface area (Å²) >= 11 is 0. The van der Waals surface area contributed by atoms with E-state index < -0.39 is 6.23 Å². The molecule has 1 N–H and O–H groups in total. The minimum atomic E-state index is -0.823. The van der Waals surface area contributed by atoms with Gasteiger partial charge in [0.05, 0.1) is 11.3 Å². The third-order valence-electron chi connectivity index (χ3n) is 6.23. The largest absolute Gasteiger partial charge is 0.369 e. The first-order valence-electron chi connectivity index (χ1n) is 10.2. The molecule has 1 amide bonds. The Morgan fingerprint density at radius 3 is 2.11 bits per heavy atom. The molecular formula is C24H28N2O2. The van der Waals surface area contributed by atoms with Crippen LogP contribution in [0.3, 0.4) is 0 Å². The van der Waals surface area contributed by atoms with Gasteiger partial charge in [0, 0.05) is 34.5 Å². The van der Waals surface area contributed by atoms with Crippen LogP contribution in [-0.4, -0.2) is 29.3 Å². The van der Waals surface area contributed by atoms with E-state index in [-0.39, 0.29) is 18.0 Å². The highest BCUT2D eigenvalue weighted by Gasteiger charge is 2.43. The summed E-state index contributed by atoms with van der Waals surface area (Å²) in [5.41, 5.74) is 5.19. The van der Waals surface area contributed by atoms with Gasteiger partial charge in [-0.15, -0.1) is 0 Å². The number of carbonyl (C=O) groups is 1. The van der Waals surface area contributed by atoms with Gasteiger partial charge in [0.2, 0.25) is 0 Å². The van der Waals surface area contributed by atoms with Crippen molar-refractivity contribution in [3.05, 3.63) is 59.7 Å². The van der Waals surface area contributed by atoms with Crippen LogP contribution in [-0.2, 0) is 4.79 Å². The van der Waals surface area contributed by atoms with Crippen molar-refractivity contribution in [2.75, 3.05) is 9.80 Å². The Labute approximate surface area is 167 Å². The first-order chi connectivity index (χ1) is 13.5. The van der Waals surface area contributed by atoms with Gasteiger partial charge >= 0.3 is 0 Å². The lowest BCUT2D eigenvalue weighted by Gasteiger charge is -2.30. The molecule has 28 heavy (non-hydrogen) atoms. The van der Waals surface area contributed by atoms with E-state index in [0.717, 1.165) is 40.9 Å². The van der Waals surface area contributed by atoms with Gasteiger partial charge in [-0.25, -0.2) is 0 Å². The summed E-state index contributed by atoms with van der Waals surface area (Å²) < 4.78 is 0. The van der Waals surface area contributed by atoms with Crippen molar-refractivity contribution in [2.24, 2.45) is 0 Å². The van der Waals surface area contributed by atoms with Crippen molar-refractivity contribution >= 4 is 28.4 Å². The lowest BCUT2D eigenvalue weighted by Crippen LogP contribution is -2.39. The van der Waals surface area contributed by atoms with Crippen molar-refractivity contribution in [3.63, 3.8) is 0 Å². The molecule has 2 aliphatic rings. The van der Waals surface area contributed by atoms with Crippen LogP contribution in [0.5, 0.6) is 0 Å². The highest BCUT2D eigenvalue weighted by atomic mass is 16.3. The van der Waals surface area contributed by atoms with Gasteiger partial charge in [0.25, 0.3) is 5.91 Å². The molecule has 0 bridgehead atoms. The fourth-order valence-corrected chi connectivity index (χ4v) is 4.40. The van der Waals surface area contributed by atoms with E-state index in [1.54, 1.807) is 0 Å². The molecule has 0 saturated heterocycles. The van der Waals surface area contributed by atoms with Crippen LogP contribution in [0.15, 0.2) is 48.5 Å². The number of para-hydroxylation sites is 2. The van der Waals surface area contributed by atoms with Crippen molar-refractivity contribution in [1.29, 1.82) is 0 Å². The zero-order valence-corrected chi connectivity index (χ0v) is 17.0. The normalized spacial score (nSPS) is 23.0. The predicted molar refractivity (Wildman–Crippen MR) is 115 cm³/mol. The van der Waals surface area contributed by atoms with Gasteiger partial charge in [-0.3, -0.25) is 4.79 Å². The van der Waals surface area contributed by atoms with Crippen LogP contribution in [0.1, 0.15) is 51.7 Å². The number of anilines is 2. The van der Waals surface area contributed by atoms with Gasteiger partial charge in [0.1, 0.15) is 0 Å². The first-order valence-corrected chi connectivity index (χ1v) is 10.2. The lowest BCUT2D eigenvalue weighted by atomic mass is 9.96. The van der Waals surface area contributed by atoms with Gasteiger partial charge in [-0.2, -0.15) is 0 Å². The van der Waals surface area contributed by atoms with E-state index in [9.17, 15) is 9.90 Å². The smallest absolute Gasteiger partial charge is 0.259 e. The monoisotopic (exact) mass is 376 g/mol. The number of amides is 1. The van der Waals surface area contributed by atoms with Crippen LogP contribution >= 0.6 is 0 Å². The molecule has 0 aromatic heterocycles. The van der Waals surface area contributed by atoms with Gasteiger partial charge in [-0.1, -0.05) is 50.2 Å². The minimum absolute atomic E-state index is 0.00888. The Balaban J connectivity index is 1.97. The van der Waals surface area contributed by atoms with E-state index >= 15 is 0 Å². The standard InChI is InChI=1S/C24H28N2O2/c1-5-15(3)25-19-13-9-7-11-17(19)21(23(25)27)22-18-12-8-10-14-20(18)26(24(22)28)16(4)6-2/h7-16,23,27H,5-6H2,1-4H3/b22-21+. The molecule has 0 fully saturated rings. The molecule has 3 atom stereocenters. The molecule has 4 nitrogen and oxygen atoms in total. The number of fused-ring (bicyclic) bond motifs is 2. The van der Waals surface area contributed by atoms with E-state index in [1.807, 2.05) is 58.3 Å². The van der Waals surface area contributed by atoms with Crippen LogP contribution in [0.4, 0.5) is 11.4 Å². The molecule has 4 heteroatoms. The molecule has 2 aromatic carbocycles. The lowest BCUT2D eigenvalue weighted by molar-refractivity contribution is -0.113. The number of carbonyl (C=O) groups excluding carboxylic acids is 1. The number of aliphatic hydroxyl groups is 1. The van der Waals surface area contributed by atoms with Crippen LogP contribution in [0, 0.1) is 0 Å². The van der Waals surface area contributed by atoms with Gasteiger partial charge in [-0.05, 0) is 38.8 Å². The molecule has 4 rings (SSSR count). The third kappa shape index (κ3) is 2.59. The van der Waals surface area contributed by atoms with Crippen LogP contribution in [0.2, 0.25) is 0 Å². The van der Waals surface area contributed by atoms with E-state index in [1.165, 1.54) is 0 Å². The highest BCUT2D eigenvalue weighted by molar-refractivity contribution is 6.38. The third-order valence-corrected chi connectivity index (χ3v) is 6.23. The van der Waals surface area contributed by atoms with Gasteiger partial charge in [0.15, 0.2) is 6.23 Å². The molecule has 0 saturated carbocycles. The number of aliphatic hydroxyl groups excluding tert-OH is 1. The highest BCUT2D eigenvalue weighted by Crippen LogP contribution is 2.49. The van der Waals surface area contributed by atoms with E-state index in [0.29, 0.717) is 5.57 Å². The fourth-order valence-electron chi connectivity index (χ4n) is 4.40. The fraction of sp³-hybridized carbons (Fsp3) is 0.375. The zero-order valence-electron chi connectivity index (χ0n) is 17.0. The summed E-state index contributed by atoms with van der Waals surface area (Å²) in [5, 5.41) is 11.4. The Morgan fingerprint density at radius 2 is 1.46 bits per heavy atom. The molecular weight excluding hydrogens is 348 g/mol. The number of benzene rings is 2. The summed E-state index contributed by atoms with van der Waals surface area (Å²) in [6.07, 6.45) is 0.967. The Hall–Kier alpha value is -2.59. The average molecular weight is 377 g/mol. The number of rotatable bonds is 4. The number of hydrogen-bond acceptors (Lipinski definition) is 3.